The molecule has 0 saturated heterocycles. The normalized spacial score (nSPS) is 22.8. The average molecular weight is 279 g/mol. The highest BCUT2D eigenvalue weighted by atomic mass is 15.0. The number of nitrogens with one attached hydrogen (secondary N) is 1. The summed E-state index contributed by atoms with van der Waals surface area (Å²) in [7, 11) is 0. The Bertz CT molecular complexity index is 541. The minimum Gasteiger partial charge on any atom is -0.307 e. The summed E-state index contributed by atoms with van der Waals surface area (Å²) >= 11 is 0. The van der Waals surface area contributed by atoms with Crippen LogP contribution in [0.2, 0.25) is 0 Å². The van der Waals surface area contributed by atoms with E-state index < -0.39 is 0 Å². The zero-order valence-electron chi connectivity index (χ0n) is 13.0. The highest BCUT2D eigenvalue weighted by molar-refractivity contribution is 5.24. The molecule has 0 aromatic heterocycles. The summed E-state index contributed by atoms with van der Waals surface area (Å²) < 4.78 is 0. The smallest absolute Gasteiger partial charge is 0.0345 e. The van der Waals surface area contributed by atoms with E-state index in [0.717, 1.165) is 5.92 Å². The van der Waals surface area contributed by atoms with Crippen LogP contribution in [0.25, 0.3) is 0 Å². The third-order valence-electron chi connectivity index (χ3n) is 4.65. The van der Waals surface area contributed by atoms with Gasteiger partial charge in [-0.1, -0.05) is 74.5 Å². The number of hydrogen-bond acceptors (Lipinski definition) is 1. The third kappa shape index (κ3) is 3.36. The van der Waals surface area contributed by atoms with Gasteiger partial charge >= 0.3 is 0 Å². The maximum atomic E-state index is 3.87. The standard InChI is InChI=1S/C20H25N/c1-15(2)20(17-11-7-4-8-12-17)21-19-13-18(14-19)16-9-5-3-6-10-16/h3-12,15,18-21H,13-14H2,1-2H3. The highest BCUT2D eigenvalue weighted by Crippen LogP contribution is 2.38. The summed E-state index contributed by atoms with van der Waals surface area (Å²) in [5.41, 5.74) is 2.91. The third-order valence-corrected chi connectivity index (χ3v) is 4.65. The molecule has 1 saturated carbocycles. The van der Waals surface area contributed by atoms with E-state index in [1.165, 1.54) is 24.0 Å². The Morgan fingerprint density at radius 2 is 1.43 bits per heavy atom. The Balaban J connectivity index is 1.59. The van der Waals surface area contributed by atoms with Gasteiger partial charge in [0.05, 0.1) is 0 Å². The summed E-state index contributed by atoms with van der Waals surface area (Å²) in [6, 6.07) is 22.9. The van der Waals surface area contributed by atoms with Crippen LogP contribution in [-0.4, -0.2) is 6.04 Å². The van der Waals surface area contributed by atoms with Crippen molar-refractivity contribution in [2.45, 2.75) is 44.7 Å². The molecule has 1 aliphatic rings. The first kappa shape index (κ1) is 14.3. The lowest BCUT2D eigenvalue weighted by molar-refractivity contribution is 0.241. The molecule has 2 aromatic rings. The van der Waals surface area contributed by atoms with Crippen molar-refractivity contribution >= 4 is 0 Å². The molecule has 1 unspecified atom stereocenters. The molecule has 3 rings (SSSR count). The predicted molar refractivity (Wildman–Crippen MR) is 89.4 cm³/mol. The molecule has 110 valence electrons. The second kappa shape index (κ2) is 6.44. The molecule has 1 heteroatoms. The van der Waals surface area contributed by atoms with Gasteiger partial charge in [0, 0.05) is 12.1 Å². The molecule has 1 aliphatic carbocycles. The number of benzene rings is 2. The maximum Gasteiger partial charge on any atom is 0.0345 e. The van der Waals surface area contributed by atoms with Gasteiger partial charge in [-0.2, -0.15) is 0 Å². The minimum atomic E-state index is 0.466. The first-order valence-corrected chi connectivity index (χ1v) is 8.10. The van der Waals surface area contributed by atoms with Crippen molar-refractivity contribution in [2.75, 3.05) is 0 Å². The van der Waals surface area contributed by atoms with Crippen molar-refractivity contribution in [3.63, 3.8) is 0 Å². The number of hydrogen-bond donors (Lipinski definition) is 1. The lowest BCUT2D eigenvalue weighted by atomic mass is 9.75. The zero-order valence-corrected chi connectivity index (χ0v) is 13.0. The van der Waals surface area contributed by atoms with Gasteiger partial charge in [-0.15, -0.1) is 0 Å². The van der Waals surface area contributed by atoms with E-state index in [4.69, 9.17) is 0 Å². The second-order valence-electron chi connectivity index (χ2n) is 6.57. The first-order valence-electron chi connectivity index (χ1n) is 8.10. The minimum absolute atomic E-state index is 0.466. The van der Waals surface area contributed by atoms with Crippen molar-refractivity contribution in [1.29, 1.82) is 0 Å². The Morgan fingerprint density at radius 3 is 2.00 bits per heavy atom. The molecule has 0 bridgehead atoms. The van der Waals surface area contributed by atoms with Gasteiger partial charge in [0.15, 0.2) is 0 Å². The van der Waals surface area contributed by atoms with Crippen molar-refractivity contribution in [3.05, 3.63) is 71.8 Å². The molecule has 0 spiro atoms. The average Bonchev–Trinajstić information content (AvgIpc) is 2.47. The Labute approximate surface area is 128 Å². The number of rotatable bonds is 5. The van der Waals surface area contributed by atoms with E-state index in [1.54, 1.807) is 0 Å². The topological polar surface area (TPSA) is 12.0 Å². The molecule has 1 fully saturated rings. The second-order valence-corrected chi connectivity index (χ2v) is 6.57. The fourth-order valence-electron chi connectivity index (χ4n) is 3.34. The monoisotopic (exact) mass is 279 g/mol. The van der Waals surface area contributed by atoms with Crippen LogP contribution >= 0.6 is 0 Å². The van der Waals surface area contributed by atoms with Gasteiger partial charge in [0.25, 0.3) is 0 Å². The SMILES string of the molecule is CC(C)C(NC1CC(c2ccccc2)C1)c1ccccc1. The fraction of sp³-hybridized carbons (Fsp3) is 0.400. The van der Waals surface area contributed by atoms with E-state index in [9.17, 15) is 0 Å². The van der Waals surface area contributed by atoms with Gasteiger partial charge in [0.2, 0.25) is 0 Å². The van der Waals surface area contributed by atoms with E-state index in [0.29, 0.717) is 18.0 Å². The van der Waals surface area contributed by atoms with Crippen LogP contribution in [0, 0.1) is 5.92 Å². The molecule has 0 amide bonds. The quantitative estimate of drug-likeness (QED) is 0.819. The zero-order chi connectivity index (χ0) is 14.7. The molecule has 1 nitrogen and oxygen atoms in total. The molecule has 0 aliphatic heterocycles. The van der Waals surface area contributed by atoms with Crippen LogP contribution in [0.4, 0.5) is 0 Å². The maximum absolute atomic E-state index is 3.87. The fourth-order valence-corrected chi connectivity index (χ4v) is 3.34. The van der Waals surface area contributed by atoms with Gasteiger partial charge in [-0.3, -0.25) is 0 Å². The molecule has 1 atom stereocenters. The van der Waals surface area contributed by atoms with Gasteiger partial charge in [-0.05, 0) is 35.8 Å². The highest BCUT2D eigenvalue weighted by Gasteiger charge is 2.32. The van der Waals surface area contributed by atoms with Gasteiger partial charge in [0.1, 0.15) is 0 Å². The molecule has 0 radical (unpaired) electrons. The van der Waals surface area contributed by atoms with E-state index in [-0.39, 0.29) is 0 Å². The molecular formula is C20H25N. The van der Waals surface area contributed by atoms with Crippen LogP contribution in [0.15, 0.2) is 60.7 Å². The Hall–Kier alpha value is -1.60. The van der Waals surface area contributed by atoms with Crippen molar-refractivity contribution < 1.29 is 0 Å². The summed E-state index contributed by atoms with van der Waals surface area (Å²) in [6.07, 6.45) is 2.53. The lowest BCUT2D eigenvalue weighted by Gasteiger charge is -2.40. The summed E-state index contributed by atoms with van der Waals surface area (Å²) in [6.45, 7) is 4.61. The van der Waals surface area contributed by atoms with Gasteiger partial charge < -0.3 is 5.32 Å². The summed E-state index contributed by atoms with van der Waals surface area (Å²) in [5.74, 6) is 1.36. The molecule has 21 heavy (non-hydrogen) atoms. The lowest BCUT2D eigenvalue weighted by Crippen LogP contribution is -2.43. The van der Waals surface area contributed by atoms with Crippen LogP contribution < -0.4 is 5.32 Å². The summed E-state index contributed by atoms with van der Waals surface area (Å²) in [5, 5.41) is 3.87. The largest absolute Gasteiger partial charge is 0.307 e. The van der Waals surface area contributed by atoms with Crippen molar-refractivity contribution in [1.82, 2.24) is 5.32 Å². The van der Waals surface area contributed by atoms with Crippen LogP contribution in [0.1, 0.15) is 49.8 Å². The predicted octanol–water partition coefficient (Wildman–Crippen LogP) is 4.92. The van der Waals surface area contributed by atoms with E-state index in [2.05, 4.69) is 79.8 Å². The Kier molecular flexibility index (Phi) is 4.40. The van der Waals surface area contributed by atoms with Gasteiger partial charge in [-0.25, -0.2) is 0 Å². The van der Waals surface area contributed by atoms with Crippen molar-refractivity contribution in [2.24, 2.45) is 5.92 Å². The van der Waals surface area contributed by atoms with E-state index in [1.807, 2.05) is 0 Å². The van der Waals surface area contributed by atoms with Crippen LogP contribution in [-0.2, 0) is 0 Å². The van der Waals surface area contributed by atoms with E-state index >= 15 is 0 Å². The molecule has 1 N–H and O–H groups in total. The molecule has 2 aromatic carbocycles. The van der Waals surface area contributed by atoms with Crippen LogP contribution in [0.3, 0.4) is 0 Å². The van der Waals surface area contributed by atoms with Crippen molar-refractivity contribution in [3.8, 4) is 0 Å². The van der Waals surface area contributed by atoms with Crippen LogP contribution in [0.5, 0.6) is 0 Å². The Morgan fingerprint density at radius 1 is 0.857 bits per heavy atom. The first-order chi connectivity index (χ1) is 10.2. The molecule has 0 heterocycles. The molecular weight excluding hydrogens is 254 g/mol. The summed E-state index contributed by atoms with van der Waals surface area (Å²) in [4.78, 5) is 0.